The van der Waals surface area contributed by atoms with Crippen molar-refractivity contribution in [1.29, 1.82) is 0 Å². The lowest BCUT2D eigenvalue weighted by molar-refractivity contribution is -0.130. The van der Waals surface area contributed by atoms with Crippen LogP contribution in [0, 0.1) is 6.92 Å². The highest BCUT2D eigenvalue weighted by Gasteiger charge is 2.32. The summed E-state index contributed by atoms with van der Waals surface area (Å²) in [6.45, 7) is 9.09. The quantitative estimate of drug-likeness (QED) is 0.476. The molecule has 1 aromatic carbocycles. The number of hydrogen-bond acceptors (Lipinski definition) is 7. The van der Waals surface area contributed by atoms with Gasteiger partial charge < -0.3 is 19.7 Å². The lowest BCUT2D eigenvalue weighted by atomic mass is 9.93. The Labute approximate surface area is 221 Å². The van der Waals surface area contributed by atoms with Crippen LogP contribution in [0.4, 0.5) is 0 Å². The van der Waals surface area contributed by atoms with Crippen LogP contribution < -0.4 is 5.32 Å². The topological polar surface area (TPSA) is 76.6 Å². The molecule has 2 atom stereocenters. The SMILES string of the molecule is COC[C@H]1CCC(=O)N1Cc1cc2ncnc(-c3cc(Cl)cc(C)c3CC3CNCC(C)(C)O3)c2s1. The van der Waals surface area contributed by atoms with Crippen LogP contribution in [0.25, 0.3) is 21.5 Å². The van der Waals surface area contributed by atoms with Crippen LogP contribution in [0.5, 0.6) is 0 Å². The summed E-state index contributed by atoms with van der Waals surface area (Å²) in [6, 6.07) is 6.21. The Bertz CT molecular complexity index is 1280. The van der Waals surface area contributed by atoms with Gasteiger partial charge in [0.1, 0.15) is 6.33 Å². The summed E-state index contributed by atoms with van der Waals surface area (Å²) in [6.07, 6.45) is 3.85. The molecule has 2 aromatic heterocycles. The zero-order chi connectivity index (χ0) is 25.4. The molecule has 2 aliphatic rings. The molecule has 2 aliphatic heterocycles. The molecule has 36 heavy (non-hydrogen) atoms. The Hall–Kier alpha value is -2.10. The van der Waals surface area contributed by atoms with Crippen LogP contribution in [-0.2, 0) is 27.2 Å². The lowest BCUT2D eigenvalue weighted by Gasteiger charge is -2.37. The second kappa shape index (κ2) is 10.3. The molecule has 0 saturated carbocycles. The van der Waals surface area contributed by atoms with Gasteiger partial charge >= 0.3 is 0 Å². The summed E-state index contributed by atoms with van der Waals surface area (Å²) in [5.74, 6) is 0.178. The van der Waals surface area contributed by atoms with Crippen LogP contribution in [-0.4, -0.2) is 65.3 Å². The summed E-state index contributed by atoms with van der Waals surface area (Å²) in [5.41, 5.74) is 4.88. The maximum Gasteiger partial charge on any atom is 0.223 e. The van der Waals surface area contributed by atoms with Crippen molar-refractivity contribution >= 4 is 39.1 Å². The molecule has 0 spiro atoms. The predicted octanol–water partition coefficient (Wildman–Crippen LogP) is 4.77. The average Bonchev–Trinajstić information content (AvgIpc) is 3.38. The largest absolute Gasteiger partial charge is 0.383 e. The number of aromatic nitrogens is 2. The van der Waals surface area contributed by atoms with E-state index in [1.165, 1.54) is 5.56 Å². The maximum absolute atomic E-state index is 12.5. The molecule has 4 heterocycles. The predicted molar refractivity (Wildman–Crippen MR) is 144 cm³/mol. The van der Waals surface area contributed by atoms with Crippen molar-refractivity contribution in [2.24, 2.45) is 0 Å². The molecule has 1 N–H and O–H groups in total. The fraction of sp³-hybridized carbons (Fsp3) is 0.519. The third kappa shape index (κ3) is 5.29. The molecule has 0 bridgehead atoms. The number of methoxy groups -OCH3 is 1. The van der Waals surface area contributed by atoms with E-state index in [-0.39, 0.29) is 23.7 Å². The molecule has 192 valence electrons. The molecule has 7 nitrogen and oxygen atoms in total. The van der Waals surface area contributed by atoms with Crippen LogP contribution in [0.2, 0.25) is 5.02 Å². The molecule has 2 saturated heterocycles. The maximum atomic E-state index is 12.5. The van der Waals surface area contributed by atoms with Gasteiger partial charge in [0.05, 0.1) is 46.8 Å². The average molecular weight is 529 g/mol. The van der Waals surface area contributed by atoms with Crippen LogP contribution in [0.1, 0.15) is 42.7 Å². The van der Waals surface area contributed by atoms with Gasteiger partial charge in [0.25, 0.3) is 0 Å². The van der Waals surface area contributed by atoms with E-state index < -0.39 is 0 Å². The van der Waals surface area contributed by atoms with E-state index in [2.05, 4.69) is 37.1 Å². The van der Waals surface area contributed by atoms with Crippen molar-refractivity contribution in [3.8, 4) is 11.3 Å². The van der Waals surface area contributed by atoms with Gasteiger partial charge in [0, 0.05) is 48.5 Å². The zero-order valence-electron chi connectivity index (χ0n) is 21.3. The number of nitrogens with zero attached hydrogens (tertiary/aromatic N) is 3. The van der Waals surface area contributed by atoms with E-state index in [0.29, 0.717) is 24.6 Å². The Balaban J connectivity index is 1.50. The van der Waals surface area contributed by atoms with E-state index in [0.717, 1.165) is 57.8 Å². The van der Waals surface area contributed by atoms with Crippen molar-refractivity contribution in [1.82, 2.24) is 20.2 Å². The van der Waals surface area contributed by atoms with Crippen molar-refractivity contribution in [3.63, 3.8) is 0 Å². The lowest BCUT2D eigenvalue weighted by Crippen LogP contribution is -2.51. The monoisotopic (exact) mass is 528 g/mol. The number of morpholine rings is 1. The van der Waals surface area contributed by atoms with Gasteiger partial charge in [0.15, 0.2) is 0 Å². The number of thiophene rings is 1. The summed E-state index contributed by atoms with van der Waals surface area (Å²) in [5, 5.41) is 4.19. The van der Waals surface area contributed by atoms with Crippen LogP contribution in [0.15, 0.2) is 24.5 Å². The molecule has 2 fully saturated rings. The fourth-order valence-electron chi connectivity index (χ4n) is 5.38. The molecule has 0 aliphatic carbocycles. The van der Waals surface area contributed by atoms with Crippen molar-refractivity contribution in [2.45, 2.75) is 64.3 Å². The van der Waals surface area contributed by atoms with Gasteiger partial charge in [-0.3, -0.25) is 4.79 Å². The minimum Gasteiger partial charge on any atom is -0.383 e. The number of nitrogens with one attached hydrogen (secondary N) is 1. The number of aryl methyl sites for hydroxylation is 1. The number of fused-ring (bicyclic) bond motifs is 1. The van der Waals surface area contributed by atoms with Gasteiger partial charge in [0.2, 0.25) is 5.91 Å². The zero-order valence-corrected chi connectivity index (χ0v) is 22.8. The molecular weight excluding hydrogens is 496 g/mol. The van der Waals surface area contributed by atoms with E-state index in [4.69, 9.17) is 26.1 Å². The van der Waals surface area contributed by atoms with Crippen molar-refractivity contribution in [2.75, 3.05) is 26.8 Å². The third-order valence-electron chi connectivity index (χ3n) is 7.03. The Kier molecular flexibility index (Phi) is 7.34. The normalized spacial score (nSPS) is 22.0. The number of likely N-dealkylation sites (tertiary alicyclic amines) is 1. The van der Waals surface area contributed by atoms with Crippen molar-refractivity contribution in [3.05, 3.63) is 45.6 Å². The highest BCUT2D eigenvalue weighted by atomic mass is 35.5. The smallest absolute Gasteiger partial charge is 0.223 e. The molecule has 0 radical (unpaired) electrons. The first-order chi connectivity index (χ1) is 17.2. The first-order valence-corrected chi connectivity index (χ1v) is 13.6. The minimum absolute atomic E-state index is 0.0579. The fourth-order valence-corrected chi connectivity index (χ4v) is 6.77. The van der Waals surface area contributed by atoms with Crippen molar-refractivity contribution < 1.29 is 14.3 Å². The highest BCUT2D eigenvalue weighted by molar-refractivity contribution is 7.19. The third-order valence-corrected chi connectivity index (χ3v) is 8.37. The van der Waals surface area contributed by atoms with E-state index in [1.807, 2.05) is 17.0 Å². The molecule has 9 heteroatoms. The Morgan fingerprint density at radius 2 is 2.14 bits per heavy atom. The summed E-state index contributed by atoms with van der Waals surface area (Å²) in [7, 11) is 1.68. The van der Waals surface area contributed by atoms with E-state index >= 15 is 0 Å². The second-order valence-corrected chi connectivity index (χ2v) is 12.0. The van der Waals surface area contributed by atoms with Gasteiger partial charge in [-0.2, -0.15) is 0 Å². The van der Waals surface area contributed by atoms with Gasteiger partial charge in [-0.1, -0.05) is 11.6 Å². The second-order valence-electron chi connectivity index (χ2n) is 10.4. The summed E-state index contributed by atoms with van der Waals surface area (Å²) < 4.78 is 12.7. The number of carbonyl (C=O) groups is 1. The number of amides is 1. The molecule has 1 amide bonds. The van der Waals surface area contributed by atoms with E-state index in [1.54, 1.807) is 24.8 Å². The number of ether oxygens (including phenoxy) is 2. The van der Waals surface area contributed by atoms with Gasteiger partial charge in [-0.25, -0.2) is 9.97 Å². The Morgan fingerprint density at radius 1 is 1.31 bits per heavy atom. The summed E-state index contributed by atoms with van der Waals surface area (Å²) >= 11 is 8.20. The number of rotatable bonds is 7. The Morgan fingerprint density at radius 3 is 2.92 bits per heavy atom. The number of hydrogen-bond donors (Lipinski definition) is 1. The first kappa shape index (κ1) is 25.5. The summed E-state index contributed by atoms with van der Waals surface area (Å²) in [4.78, 5) is 24.8. The molecule has 5 rings (SSSR count). The minimum atomic E-state index is -0.206. The van der Waals surface area contributed by atoms with E-state index in [9.17, 15) is 4.79 Å². The standard InChI is InChI=1S/C27H33ClN4O3S/c1-16-7-17(28)8-22(21(16)9-19-11-29-14-27(2,3)35-19)25-26-23(30-15-31-25)10-20(36-26)12-32-18(13-34-4)5-6-24(32)33/h7-8,10,15,18-19,29H,5-6,9,11-14H2,1-4H3/t18-,19?/m1/s1. The molecule has 1 unspecified atom stereocenters. The van der Waals surface area contributed by atoms with Gasteiger partial charge in [-0.15, -0.1) is 11.3 Å². The highest BCUT2D eigenvalue weighted by Crippen LogP contribution is 2.38. The van der Waals surface area contributed by atoms with Crippen LogP contribution in [0.3, 0.4) is 0 Å². The molecular formula is C27H33ClN4O3S. The number of carbonyl (C=O) groups excluding carboxylic acids is 1. The number of halogens is 1. The number of benzene rings is 1. The van der Waals surface area contributed by atoms with Gasteiger partial charge in [-0.05, 0) is 56.5 Å². The first-order valence-electron chi connectivity index (χ1n) is 12.4. The van der Waals surface area contributed by atoms with Crippen LogP contribution >= 0.6 is 22.9 Å². The molecule has 3 aromatic rings.